The monoisotopic (exact) mass is 520 g/mol. The summed E-state index contributed by atoms with van der Waals surface area (Å²) >= 11 is 0. The van der Waals surface area contributed by atoms with Gasteiger partial charge in [0.05, 0.1) is 0 Å². The summed E-state index contributed by atoms with van der Waals surface area (Å²) < 4.78 is 103. The van der Waals surface area contributed by atoms with Crippen molar-refractivity contribution in [3.63, 3.8) is 0 Å². The molecule has 0 atom stereocenters. The van der Waals surface area contributed by atoms with Gasteiger partial charge in [0.2, 0.25) is 5.75 Å². The molecule has 0 spiro atoms. The molecule has 0 amide bonds. The smallest absolute Gasteiger partial charge is 0.489 e. The molecule has 0 fully saturated rings. The number of aryl methyl sites for hydroxylation is 2. The van der Waals surface area contributed by atoms with Gasteiger partial charge in [0.15, 0.2) is 11.6 Å². The standard InChI is InChI=1S/C28H19F7O2/c1-2-11-36-20-8-10-21(23(29)15-20)18-7-9-22-19(14-18)6-5-17(26(22)32)4-3-16-12-24(30)27(25(31)13-16)37-28(33,34)35/h2,5-10,12-15H,1,3-4,11H2. The van der Waals surface area contributed by atoms with E-state index in [1.807, 2.05) is 0 Å². The van der Waals surface area contributed by atoms with Crippen molar-refractivity contribution in [1.82, 2.24) is 0 Å². The highest BCUT2D eigenvalue weighted by atomic mass is 19.4. The minimum atomic E-state index is -5.24. The Balaban J connectivity index is 1.54. The van der Waals surface area contributed by atoms with E-state index in [2.05, 4.69) is 11.3 Å². The molecule has 0 aliphatic heterocycles. The molecule has 37 heavy (non-hydrogen) atoms. The highest BCUT2D eigenvalue weighted by molar-refractivity contribution is 5.88. The van der Waals surface area contributed by atoms with Crippen molar-refractivity contribution in [3.8, 4) is 22.6 Å². The van der Waals surface area contributed by atoms with E-state index in [0.29, 0.717) is 22.3 Å². The Morgan fingerprint density at radius 2 is 1.51 bits per heavy atom. The van der Waals surface area contributed by atoms with Gasteiger partial charge in [-0.25, -0.2) is 17.6 Å². The van der Waals surface area contributed by atoms with E-state index in [1.54, 1.807) is 30.3 Å². The molecule has 0 aliphatic rings. The second-order valence-electron chi connectivity index (χ2n) is 8.15. The minimum absolute atomic E-state index is 0.0304. The lowest BCUT2D eigenvalue weighted by Gasteiger charge is -2.12. The highest BCUT2D eigenvalue weighted by Crippen LogP contribution is 2.32. The van der Waals surface area contributed by atoms with Crippen LogP contribution in [0.15, 0.2) is 73.3 Å². The Kier molecular flexibility index (Phi) is 7.42. The van der Waals surface area contributed by atoms with Crippen LogP contribution in [0.25, 0.3) is 21.9 Å². The third-order valence-electron chi connectivity index (χ3n) is 5.61. The average Bonchev–Trinajstić information content (AvgIpc) is 2.84. The molecular weight excluding hydrogens is 501 g/mol. The van der Waals surface area contributed by atoms with Crippen molar-refractivity contribution in [3.05, 3.63) is 108 Å². The lowest BCUT2D eigenvalue weighted by Crippen LogP contribution is -2.19. The molecule has 4 rings (SSSR count). The fourth-order valence-corrected chi connectivity index (χ4v) is 3.92. The van der Waals surface area contributed by atoms with E-state index in [4.69, 9.17) is 4.74 Å². The second kappa shape index (κ2) is 10.5. The molecule has 0 saturated heterocycles. The largest absolute Gasteiger partial charge is 0.573 e. The normalized spacial score (nSPS) is 11.5. The molecule has 0 radical (unpaired) electrons. The minimum Gasteiger partial charge on any atom is -0.489 e. The lowest BCUT2D eigenvalue weighted by molar-refractivity contribution is -0.276. The zero-order valence-corrected chi connectivity index (χ0v) is 19.1. The van der Waals surface area contributed by atoms with Crippen molar-refractivity contribution in [2.45, 2.75) is 19.2 Å². The Bertz CT molecular complexity index is 1440. The topological polar surface area (TPSA) is 18.5 Å². The van der Waals surface area contributed by atoms with Crippen molar-refractivity contribution < 1.29 is 40.2 Å². The van der Waals surface area contributed by atoms with E-state index in [-0.39, 0.29) is 36.0 Å². The maximum Gasteiger partial charge on any atom is 0.573 e. The number of halogens is 7. The number of hydrogen-bond acceptors (Lipinski definition) is 2. The van der Waals surface area contributed by atoms with Crippen molar-refractivity contribution in [2.24, 2.45) is 0 Å². The molecule has 0 saturated carbocycles. The van der Waals surface area contributed by atoms with Crippen LogP contribution in [0, 0.1) is 23.3 Å². The molecule has 0 N–H and O–H groups in total. The zero-order chi connectivity index (χ0) is 26.7. The molecule has 0 heterocycles. The van der Waals surface area contributed by atoms with E-state index in [1.165, 1.54) is 24.3 Å². The summed E-state index contributed by atoms with van der Waals surface area (Å²) in [6.07, 6.45) is -3.71. The van der Waals surface area contributed by atoms with Crippen LogP contribution in [0.1, 0.15) is 11.1 Å². The summed E-state index contributed by atoms with van der Waals surface area (Å²) in [6, 6.07) is 13.7. The molecule has 0 unspecified atom stereocenters. The van der Waals surface area contributed by atoms with Gasteiger partial charge < -0.3 is 9.47 Å². The molecule has 4 aromatic rings. The van der Waals surface area contributed by atoms with E-state index in [9.17, 15) is 26.3 Å². The van der Waals surface area contributed by atoms with Crippen LogP contribution in [0.4, 0.5) is 30.7 Å². The first-order valence-electron chi connectivity index (χ1n) is 11.0. The van der Waals surface area contributed by atoms with Gasteiger partial charge in [-0.15, -0.1) is 13.2 Å². The zero-order valence-electron chi connectivity index (χ0n) is 19.1. The molecule has 0 bridgehead atoms. The SMILES string of the molecule is C=CCOc1ccc(-c2ccc3c(F)c(CCc4cc(F)c(OC(F)(F)F)c(F)c4)ccc3c2)c(F)c1. The Hall–Kier alpha value is -4.01. The Labute approximate surface area is 207 Å². The van der Waals surface area contributed by atoms with Gasteiger partial charge in [-0.1, -0.05) is 36.9 Å². The summed E-state index contributed by atoms with van der Waals surface area (Å²) in [5.74, 6) is -5.28. The number of hydrogen-bond donors (Lipinski definition) is 0. The maximum atomic E-state index is 15.2. The van der Waals surface area contributed by atoms with Crippen LogP contribution < -0.4 is 9.47 Å². The van der Waals surface area contributed by atoms with Gasteiger partial charge in [-0.05, 0) is 65.3 Å². The number of benzene rings is 4. The number of alkyl halides is 3. The molecule has 4 aromatic carbocycles. The summed E-state index contributed by atoms with van der Waals surface area (Å²) in [5.41, 5.74) is 1.11. The summed E-state index contributed by atoms with van der Waals surface area (Å²) in [5, 5.41) is 0.773. The molecule has 0 aliphatic carbocycles. The molecule has 2 nitrogen and oxygen atoms in total. The van der Waals surface area contributed by atoms with Crippen molar-refractivity contribution in [2.75, 3.05) is 6.61 Å². The van der Waals surface area contributed by atoms with Gasteiger partial charge >= 0.3 is 6.36 Å². The second-order valence-corrected chi connectivity index (χ2v) is 8.15. The van der Waals surface area contributed by atoms with Crippen LogP contribution in [-0.2, 0) is 12.8 Å². The predicted molar refractivity (Wildman–Crippen MR) is 125 cm³/mol. The summed E-state index contributed by atoms with van der Waals surface area (Å²) in [4.78, 5) is 0. The Morgan fingerprint density at radius 1 is 0.784 bits per heavy atom. The first kappa shape index (κ1) is 26.1. The number of ether oxygens (including phenoxy) is 2. The maximum absolute atomic E-state index is 15.2. The number of fused-ring (bicyclic) bond motifs is 1. The Morgan fingerprint density at radius 3 is 2.16 bits per heavy atom. The molecular formula is C28H19F7O2. The van der Waals surface area contributed by atoms with Crippen LogP contribution in [0.5, 0.6) is 11.5 Å². The quantitative estimate of drug-likeness (QED) is 0.172. The van der Waals surface area contributed by atoms with Crippen molar-refractivity contribution >= 4 is 10.8 Å². The van der Waals surface area contributed by atoms with E-state index >= 15 is 4.39 Å². The van der Waals surface area contributed by atoms with E-state index in [0.717, 1.165) is 12.1 Å². The van der Waals surface area contributed by atoms with Gasteiger partial charge in [-0.3, -0.25) is 0 Å². The van der Waals surface area contributed by atoms with Crippen LogP contribution in [0.2, 0.25) is 0 Å². The lowest BCUT2D eigenvalue weighted by atomic mass is 9.97. The summed E-state index contributed by atoms with van der Waals surface area (Å²) in [6.45, 7) is 3.77. The van der Waals surface area contributed by atoms with Gasteiger partial charge in [-0.2, -0.15) is 0 Å². The van der Waals surface area contributed by atoms with Gasteiger partial charge in [0, 0.05) is 17.0 Å². The van der Waals surface area contributed by atoms with Gasteiger partial charge in [0.25, 0.3) is 0 Å². The number of rotatable bonds is 8. The molecule has 0 aromatic heterocycles. The molecule has 192 valence electrons. The predicted octanol–water partition coefficient (Wildman–Crippen LogP) is 8.31. The fraction of sp³-hybridized carbons (Fsp3) is 0.143. The fourth-order valence-electron chi connectivity index (χ4n) is 3.92. The third kappa shape index (κ3) is 6.04. The van der Waals surface area contributed by atoms with Crippen LogP contribution >= 0.6 is 0 Å². The van der Waals surface area contributed by atoms with E-state index < -0.39 is 35.4 Å². The van der Waals surface area contributed by atoms with Gasteiger partial charge in [0.1, 0.15) is 24.0 Å². The summed E-state index contributed by atoms with van der Waals surface area (Å²) in [7, 11) is 0. The van der Waals surface area contributed by atoms with Crippen LogP contribution in [0.3, 0.4) is 0 Å². The van der Waals surface area contributed by atoms with Crippen LogP contribution in [-0.4, -0.2) is 13.0 Å². The van der Waals surface area contributed by atoms with Crippen molar-refractivity contribution in [1.29, 1.82) is 0 Å². The first-order valence-corrected chi connectivity index (χ1v) is 11.0. The third-order valence-corrected chi connectivity index (χ3v) is 5.61. The highest BCUT2D eigenvalue weighted by Gasteiger charge is 2.34. The molecule has 9 heteroatoms. The average molecular weight is 520 g/mol. The first-order chi connectivity index (χ1) is 17.6.